The summed E-state index contributed by atoms with van der Waals surface area (Å²) >= 11 is 0. The highest BCUT2D eigenvalue weighted by molar-refractivity contribution is 6.10. The predicted octanol–water partition coefficient (Wildman–Crippen LogP) is 5.98. The first-order valence-electron chi connectivity index (χ1n) is 14.2. The van der Waals surface area contributed by atoms with Gasteiger partial charge in [0.2, 0.25) is 0 Å². The van der Waals surface area contributed by atoms with E-state index in [4.69, 9.17) is 5.73 Å². The number of nitrogens with two attached hydrogens (primary N) is 1. The van der Waals surface area contributed by atoms with E-state index in [0.717, 1.165) is 21.9 Å². The van der Waals surface area contributed by atoms with Crippen molar-refractivity contribution < 1.29 is 24.6 Å². The van der Waals surface area contributed by atoms with Crippen LogP contribution in [0.4, 0.5) is 0 Å². The lowest BCUT2D eigenvalue weighted by atomic mass is 9.71. The number of Topliss-reactive ketones (excluding diaryl/α,β-unsaturated/α-hetero) is 2. The first-order valence-corrected chi connectivity index (χ1v) is 14.2. The van der Waals surface area contributed by atoms with Crippen LogP contribution in [-0.2, 0) is 4.79 Å². The van der Waals surface area contributed by atoms with Crippen LogP contribution >= 0.6 is 0 Å². The first-order chi connectivity index (χ1) is 19.9. The SMILES string of the molecule is N[C@@H](CO)[C@H](CC[C@@H](c1ccccc1)[C@@H](C(=O)O)C1CC(=O)c2ccccc2C(=O)C1)c1ccc2ccccc2c1. The number of benzene rings is 4. The smallest absolute Gasteiger partial charge is 0.307 e. The van der Waals surface area contributed by atoms with E-state index in [9.17, 15) is 24.6 Å². The summed E-state index contributed by atoms with van der Waals surface area (Å²) in [6.45, 7) is -0.209. The summed E-state index contributed by atoms with van der Waals surface area (Å²) in [6.07, 6.45) is 0.969. The van der Waals surface area contributed by atoms with Crippen molar-refractivity contribution in [2.45, 2.75) is 43.6 Å². The van der Waals surface area contributed by atoms with E-state index in [1.807, 2.05) is 66.7 Å². The second kappa shape index (κ2) is 12.6. The van der Waals surface area contributed by atoms with E-state index in [1.165, 1.54) is 0 Å². The second-order valence-electron chi connectivity index (χ2n) is 11.1. The number of aliphatic hydroxyl groups excluding tert-OH is 1. The molecule has 4 aromatic rings. The summed E-state index contributed by atoms with van der Waals surface area (Å²) in [6, 6.07) is 29.8. The molecule has 0 saturated heterocycles. The van der Waals surface area contributed by atoms with E-state index in [-0.39, 0.29) is 36.9 Å². The number of carbonyl (C=O) groups excluding carboxylic acids is 2. The van der Waals surface area contributed by atoms with Gasteiger partial charge < -0.3 is 15.9 Å². The minimum atomic E-state index is -1.02. The van der Waals surface area contributed by atoms with Gasteiger partial charge in [-0.15, -0.1) is 0 Å². The third-order valence-electron chi connectivity index (χ3n) is 8.60. The van der Waals surface area contributed by atoms with Crippen LogP contribution in [0.15, 0.2) is 97.1 Å². The lowest BCUT2D eigenvalue weighted by Gasteiger charge is -2.32. The van der Waals surface area contributed by atoms with Crippen LogP contribution in [0, 0.1) is 11.8 Å². The zero-order valence-electron chi connectivity index (χ0n) is 22.9. The third-order valence-corrected chi connectivity index (χ3v) is 8.60. The number of aliphatic hydroxyl groups is 1. The van der Waals surface area contributed by atoms with Crippen LogP contribution in [0.2, 0.25) is 0 Å². The van der Waals surface area contributed by atoms with Crippen LogP contribution in [0.1, 0.15) is 69.4 Å². The Labute approximate surface area is 239 Å². The van der Waals surface area contributed by atoms with E-state index in [0.29, 0.717) is 24.0 Å². The molecule has 6 nitrogen and oxygen atoms in total. The van der Waals surface area contributed by atoms with Crippen molar-refractivity contribution in [3.63, 3.8) is 0 Å². The Morgan fingerprint density at radius 2 is 1.29 bits per heavy atom. The highest BCUT2D eigenvalue weighted by atomic mass is 16.4. The highest BCUT2D eigenvalue weighted by Gasteiger charge is 2.41. The van der Waals surface area contributed by atoms with Gasteiger partial charge in [-0.3, -0.25) is 14.4 Å². The standard InChI is InChI=1S/C35H35NO5/c36-31(21-37)27(25-15-14-22-8-4-5-11-24(22)18-25)16-17-28(23-9-2-1-3-10-23)34(35(40)41)26-19-32(38)29-12-6-7-13-30(29)33(39)20-26/h1-15,18,26-28,31,34,37H,16-17,19-21,36H2,(H,40,41)/t27-,28+,31+,34+/m1/s1. The van der Waals surface area contributed by atoms with E-state index in [2.05, 4.69) is 6.07 Å². The van der Waals surface area contributed by atoms with Crippen molar-refractivity contribution in [2.24, 2.45) is 17.6 Å². The lowest BCUT2D eigenvalue weighted by Crippen LogP contribution is -2.34. The van der Waals surface area contributed by atoms with Crippen molar-refractivity contribution in [2.75, 3.05) is 6.61 Å². The number of rotatable bonds is 10. The molecule has 0 amide bonds. The molecule has 0 radical (unpaired) electrons. The van der Waals surface area contributed by atoms with Crippen LogP contribution in [0.3, 0.4) is 0 Å². The molecule has 0 aromatic heterocycles. The Morgan fingerprint density at radius 3 is 1.90 bits per heavy atom. The van der Waals surface area contributed by atoms with Crippen LogP contribution in [0.5, 0.6) is 0 Å². The molecule has 4 N–H and O–H groups in total. The first kappa shape index (κ1) is 28.4. The topological polar surface area (TPSA) is 118 Å². The zero-order chi connectivity index (χ0) is 28.9. The van der Waals surface area contributed by atoms with Gasteiger partial charge in [0.25, 0.3) is 0 Å². The number of hydrogen-bond donors (Lipinski definition) is 3. The Kier molecular flexibility index (Phi) is 8.72. The molecule has 5 rings (SSSR count). The number of aliphatic carboxylic acids is 1. The fourth-order valence-corrected chi connectivity index (χ4v) is 6.50. The lowest BCUT2D eigenvalue weighted by molar-refractivity contribution is -0.144. The molecular formula is C35H35NO5. The quantitative estimate of drug-likeness (QED) is 0.209. The molecule has 1 aliphatic carbocycles. The predicted molar refractivity (Wildman–Crippen MR) is 159 cm³/mol. The summed E-state index contributed by atoms with van der Waals surface area (Å²) in [5.41, 5.74) is 9.01. The number of ketones is 2. The maximum atomic E-state index is 13.2. The maximum absolute atomic E-state index is 13.2. The van der Waals surface area contributed by atoms with Crippen LogP contribution < -0.4 is 5.73 Å². The normalized spacial score (nSPS) is 16.9. The molecule has 0 aliphatic heterocycles. The van der Waals surface area contributed by atoms with Gasteiger partial charge in [0.15, 0.2) is 11.6 Å². The number of carbonyl (C=O) groups is 3. The molecule has 0 fully saturated rings. The average molecular weight is 550 g/mol. The van der Waals surface area contributed by atoms with E-state index in [1.54, 1.807) is 24.3 Å². The molecule has 41 heavy (non-hydrogen) atoms. The minimum absolute atomic E-state index is 0.00664. The number of fused-ring (bicyclic) bond motifs is 2. The zero-order valence-corrected chi connectivity index (χ0v) is 22.9. The summed E-state index contributed by atoms with van der Waals surface area (Å²) in [4.78, 5) is 39.5. The molecule has 0 unspecified atom stereocenters. The van der Waals surface area contributed by atoms with Crippen molar-refractivity contribution >= 4 is 28.3 Å². The van der Waals surface area contributed by atoms with Gasteiger partial charge >= 0.3 is 5.97 Å². The second-order valence-corrected chi connectivity index (χ2v) is 11.1. The fraction of sp³-hybridized carbons (Fsp3) is 0.286. The van der Waals surface area contributed by atoms with Gasteiger partial charge in [-0.1, -0.05) is 97.1 Å². The number of carboxylic acid groups (broad SMARTS) is 1. The molecule has 210 valence electrons. The molecule has 0 heterocycles. The summed E-state index contributed by atoms with van der Waals surface area (Å²) in [5.74, 6) is -3.72. The van der Waals surface area contributed by atoms with Gasteiger partial charge in [-0.05, 0) is 46.6 Å². The van der Waals surface area contributed by atoms with Gasteiger partial charge in [-0.25, -0.2) is 0 Å². The Hall–Kier alpha value is -4.13. The van der Waals surface area contributed by atoms with Gasteiger partial charge in [-0.2, -0.15) is 0 Å². The van der Waals surface area contributed by atoms with Crippen molar-refractivity contribution in [1.29, 1.82) is 0 Å². The fourth-order valence-electron chi connectivity index (χ4n) is 6.50. The van der Waals surface area contributed by atoms with Crippen LogP contribution in [-0.4, -0.2) is 40.4 Å². The Morgan fingerprint density at radius 1 is 0.732 bits per heavy atom. The summed E-state index contributed by atoms with van der Waals surface area (Å²) in [7, 11) is 0. The van der Waals surface area contributed by atoms with Gasteiger partial charge in [0.1, 0.15) is 0 Å². The summed E-state index contributed by atoms with van der Waals surface area (Å²) < 4.78 is 0. The third kappa shape index (κ3) is 6.14. The van der Waals surface area contributed by atoms with Gasteiger partial charge in [0.05, 0.1) is 12.5 Å². The Bertz CT molecular complexity index is 1510. The van der Waals surface area contributed by atoms with Crippen molar-refractivity contribution in [3.8, 4) is 0 Å². The average Bonchev–Trinajstić information content (AvgIpc) is 3.12. The molecule has 0 bridgehead atoms. The Balaban J connectivity index is 1.49. The summed E-state index contributed by atoms with van der Waals surface area (Å²) in [5, 5.41) is 22.8. The van der Waals surface area contributed by atoms with Crippen LogP contribution in [0.25, 0.3) is 10.8 Å². The maximum Gasteiger partial charge on any atom is 0.307 e. The molecule has 4 atom stereocenters. The molecule has 0 spiro atoms. The number of carboxylic acids is 1. The largest absolute Gasteiger partial charge is 0.481 e. The molecule has 4 aromatic carbocycles. The van der Waals surface area contributed by atoms with Crippen molar-refractivity contribution in [3.05, 3.63) is 119 Å². The molecule has 0 saturated carbocycles. The van der Waals surface area contributed by atoms with Gasteiger partial charge in [0, 0.05) is 35.9 Å². The number of hydrogen-bond acceptors (Lipinski definition) is 5. The molecule has 1 aliphatic rings. The van der Waals surface area contributed by atoms with E-state index >= 15 is 0 Å². The molecule has 6 heteroatoms. The molecular weight excluding hydrogens is 514 g/mol. The minimum Gasteiger partial charge on any atom is -0.481 e. The van der Waals surface area contributed by atoms with E-state index < -0.39 is 29.8 Å². The monoisotopic (exact) mass is 549 g/mol. The highest BCUT2D eigenvalue weighted by Crippen LogP contribution is 2.42. The van der Waals surface area contributed by atoms with Crippen molar-refractivity contribution in [1.82, 2.24) is 0 Å².